The normalized spacial score (nSPS) is 15.1. The van der Waals surface area contributed by atoms with Gasteiger partial charge in [-0.2, -0.15) is 0 Å². The third-order valence-corrected chi connectivity index (χ3v) is 3.51. The number of rotatable bonds is 2. The van der Waals surface area contributed by atoms with Crippen LogP contribution in [0.4, 0.5) is 0 Å². The molecule has 0 aliphatic carbocycles. The maximum absolute atomic E-state index is 12.3. The van der Waals surface area contributed by atoms with E-state index >= 15 is 0 Å². The Balaban J connectivity index is 2.36. The van der Waals surface area contributed by atoms with Gasteiger partial charge < -0.3 is 9.64 Å². The summed E-state index contributed by atoms with van der Waals surface area (Å²) in [7, 11) is 1.56. The monoisotopic (exact) mass is 253 g/mol. The van der Waals surface area contributed by atoms with E-state index < -0.39 is 0 Å². The third kappa shape index (κ3) is 2.39. The molecule has 1 aliphatic heterocycles. The number of carbonyl (C=O) groups excluding carboxylic acids is 1. The van der Waals surface area contributed by atoms with E-state index in [1.54, 1.807) is 13.2 Å². The SMILES string of the molecule is COc1cc(Cl)c(C)cc1C(=O)N1CCCC1. The van der Waals surface area contributed by atoms with Crippen molar-refractivity contribution in [3.8, 4) is 5.75 Å². The molecule has 1 aromatic rings. The van der Waals surface area contributed by atoms with Crippen molar-refractivity contribution in [2.75, 3.05) is 20.2 Å². The molecule has 0 N–H and O–H groups in total. The van der Waals surface area contributed by atoms with Crippen LogP contribution in [0.15, 0.2) is 12.1 Å². The Kier molecular flexibility index (Phi) is 3.57. The zero-order valence-corrected chi connectivity index (χ0v) is 10.9. The number of carbonyl (C=O) groups is 1. The minimum absolute atomic E-state index is 0.0408. The molecule has 0 aromatic heterocycles. The van der Waals surface area contributed by atoms with E-state index in [4.69, 9.17) is 16.3 Å². The molecule has 17 heavy (non-hydrogen) atoms. The van der Waals surface area contributed by atoms with Crippen molar-refractivity contribution in [2.24, 2.45) is 0 Å². The van der Waals surface area contributed by atoms with Gasteiger partial charge in [0, 0.05) is 18.1 Å². The number of aryl methyl sites for hydroxylation is 1. The van der Waals surface area contributed by atoms with E-state index in [1.165, 1.54) is 0 Å². The van der Waals surface area contributed by atoms with Crippen molar-refractivity contribution >= 4 is 17.5 Å². The van der Waals surface area contributed by atoms with E-state index in [2.05, 4.69) is 0 Å². The van der Waals surface area contributed by atoms with Gasteiger partial charge >= 0.3 is 0 Å². The second kappa shape index (κ2) is 4.96. The number of amides is 1. The topological polar surface area (TPSA) is 29.5 Å². The molecule has 1 fully saturated rings. The Labute approximate surface area is 106 Å². The van der Waals surface area contributed by atoms with Crippen LogP contribution in [0.25, 0.3) is 0 Å². The first kappa shape index (κ1) is 12.2. The van der Waals surface area contributed by atoms with Gasteiger partial charge in [-0.15, -0.1) is 0 Å². The van der Waals surface area contributed by atoms with Crippen molar-refractivity contribution in [1.29, 1.82) is 0 Å². The standard InChI is InChI=1S/C13H16ClNO2/c1-9-7-10(12(17-2)8-11(9)14)13(16)15-5-3-4-6-15/h7-8H,3-6H2,1-2H3. The van der Waals surface area contributed by atoms with Crippen LogP contribution in [0.3, 0.4) is 0 Å². The third-order valence-electron chi connectivity index (χ3n) is 3.10. The smallest absolute Gasteiger partial charge is 0.257 e. The molecule has 1 amide bonds. The second-order valence-electron chi connectivity index (χ2n) is 4.30. The van der Waals surface area contributed by atoms with E-state index in [-0.39, 0.29) is 5.91 Å². The largest absolute Gasteiger partial charge is 0.496 e. The number of hydrogen-bond acceptors (Lipinski definition) is 2. The Morgan fingerprint density at radius 1 is 1.35 bits per heavy atom. The lowest BCUT2D eigenvalue weighted by molar-refractivity contribution is 0.0789. The van der Waals surface area contributed by atoms with Gasteiger partial charge in [-0.1, -0.05) is 11.6 Å². The maximum Gasteiger partial charge on any atom is 0.257 e. The summed E-state index contributed by atoms with van der Waals surface area (Å²) in [4.78, 5) is 14.2. The van der Waals surface area contributed by atoms with Gasteiger partial charge in [-0.25, -0.2) is 0 Å². The van der Waals surface area contributed by atoms with Gasteiger partial charge in [0.2, 0.25) is 0 Å². The number of hydrogen-bond donors (Lipinski definition) is 0. The Morgan fingerprint density at radius 2 is 2.00 bits per heavy atom. The van der Waals surface area contributed by atoms with Gasteiger partial charge in [0.25, 0.3) is 5.91 Å². The van der Waals surface area contributed by atoms with Crippen LogP contribution in [0.2, 0.25) is 5.02 Å². The summed E-state index contributed by atoms with van der Waals surface area (Å²) in [5.41, 5.74) is 1.51. The zero-order chi connectivity index (χ0) is 12.4. The number of methoxy groups -OCH3 is 1. The van der Waals surface area contributed by atoms with Crippen molar-refractivity contribution < 1.29 is 9.53 Å². The first-order valence-corrected chi connectivity index (χ1v) is 6.14. The fraction of sp³-hybridized carbons (Fsp3) is 0.462. The molecule has 1 aliphatic rings. The molecule has 0 spiro atoms. The molecule has 1 aromatic carbocycles. The number of nitrogens with zero attached hydrogens (tertiary/aromatic N) is 1. The van der Waals surface area contributed by atoms with Gasteiger partial charge in [0.05, 0.1) is 12.7 Å². The van der Waals surface area contributed by atoms with Crippen molar-refractivity contribution in [3.63, 3.8) is 0 Å². The minimum Gasteiger partial charge on any atom is -0.496 e. The molecule has 0 saturated carbocycles. The summed E-state index contributed by atoms with van der Waals surface area (Å²) in [6.07, 6.45) is 2.17. The van der Waals surface area contributed by atoms with Crippen LogP contribution >= 0.6 is 11.6 Å². The summed E-state index contributed by atoms with van der Waals surface area (Å²) in [6.45, 7) is 3.57. The van der Waals surface area contributed by atoms with Gasteiger partial charge in [-0.3, -0.25) is 4.79 Å². The fourth-order valence-electron chi connectivity index (χ4n) is 2.09. The van der Waals surface area contributed by atoms with Crippen LogP contribution < -0.4 is 4.74 Å². The lowest BCUT2D eigenvalue weighted by Crippen LogP contribution is -2.28. The lowest BCUT2D eigenvalue weighted by Gasteiger charge is -2.18. The summed E-state index contributed by atoms with van der Waals surface area (Å²) < 4.78 is 5.23. The van der Waals surface area contributed by atoms with Crippen LogP contribution in [0.5, 0.6) is 5.75 Å². The lowest BCUT2D eigenvalue weighted by atomic mass is 10.1. The minimum atomic E-state index is 0.0408. The summed E-state index contributed by atoms with van der Waals surface area (Å²) >= 11 is 6.02. The van der Waals surface area contributed by atoms with Crippen LogP contribution in [-0.4, -0.2) is 31.0 Å². The van der Waals surface area contributed by atoms with E-state index in [0.29, 0.717) is 16.3 Å². The molecule has 2 rings (SSSR count). The molecule has 4 heteroatoms. The van der Waals surface area contributed by atoms with E-state index in [1.807, 2.05) is 17.9 Å². The molecule has 0 unspecified atom stereocenters. The zero-order valence-electron chi connectivity index (χ0n) is 10.1. The van der Waals surface area contributed by atoms with Crippen molar-refractivity contribution in [3.05, 3.63) is 28.3 Å². The predicted molar refractivity (Wildman–Crippen MR) is 67.9 cm³/mol. The highest BCUT2D eigenvalue weighted by Crippen LogP contribution is 2.28. The first-order valence-electron chi connectivity index (χ1n) is 5.77. The number of halogens is 1. The second-order valence-corrected chi connectivity index (χ2v) is 4.71. The Morgan fingerprint density at radius 3 is 2.59 bits per heavy atom. The van der Waals surface area contributed by atoms with Crippen LogP contribution in [0.1, 0.15) is 28.8 Å². The summed E-state index contributed by atoms with van der Waals surface area (Å²) in [5, 5.41) is 0.625. The van der Waals surface area contributed by atoms with E-state index in [9.17, 15) is 4.79 Å². The van der Waals surface area contributed by atoms with Gasteiger partial charge in [-0.05, 0) is 37.5 Å². The number of benzene rings is 1. The highest BCUT2D eigenvalue weighted by molar-refractivity contribution is 6.31. The molecule has 0 bridgehead atoms. The number of likely N-dealkylation sites (tertiary alicyclic amines) is 1. The highest BCUT2D eigenvalue weighted by atomic mass is 35.5. The first-order chi connectivity index (χ1) is 8.13. The van der Waals surface area contributed by atoms with Gasteiger partial charge in [0.1, 0.15) is 5.75 Å². The molecule has 3 nitrogen and oxygen atoms in total. The molecular weight excluding hydrogens is 238 g/mol. The van der Waals surface area contributed by atoms with Crippen molar-refractivity contribution in [2.45, 2.75) is 19.8 Å². The molecule has 92 valence electrons. The fourth-order valence-corrected chi connectivity index (χ4v) is 2.24. The number of ether oxygens (including phenoxy) is 1. The van der Waals surface area contributed by atoms with Crippen molar-refractivity contribution in [1.82, 2.24) is 4.90 Å². The predicted octanol–water partition coefficient (Wildman–Crippen LogP) is 2.89. The average Bonchev–Trinajstić information content (AvgIpc) is 2.84. The van der Waals surface area contributed by atoms with Gasteiger partial charge in [0.15, 0.2) is 0 Å². The molecule has 1 saturated heterocycles. The molecule has 1 heterocycles. The Hall–Kier alpha value is -1.22. The molecule has 0 radical (unpaired) electrons. The van der Waals surface area contributed by atoms with E-state index in [0.717, 1.165) is 31.5 Å². The summed E-state index contributed by atoms with van der Waals surface area (Å²) in [6, 6.07) is 3.52. The molecule has 0 atom stereocenters. The Bertz CT molecular complexity index is 439. The molecular formula is C13H16ClNO2. The summed E-state index contributed by atoms with van der Waals surface area (Å²) in [5.74, 6) is 0.594. The maximum atomic E-state index is 12.3. The highest BCUT2D eigenvalue weighted by Gasteiger charge is 2.23. The quantitative estimate of drug-likeness (QED) is 0.811. The van der Waals surface area contributed by atoms with Crippen LogP contribution in [-0.2, 0) is 0 Å². The average molecular weight is 254 g/mol. The van der Waals surface area contributed by atoms with Crippen LogP contribution in [0, 0.1) is 6.92 Å².